The van der Waals surface area contributed by atoms with Gasteiger partial charge in [-0.15, -0.1) is 0 Å². The zero-order valence-electron chi connectivity index (χ0n) is 13.0. The Kier molecular flexibility index (Phi) is 13.4. The van der Waals surface area contributed by atoms with E-state index in [1.807, 2.05) is 0 Å². The van der Waals surface area contributed by atoms with E-state index in [0.717, 1.165) is 12.8 Å². The number of hydrogen-bond acceptors (Lipinski definition) is 3. The van der Waals surface area contributed by atoms with Crippen molar-refractivity contribution >= 4 is 5.97 Å². The van der Waals surface area contributed by atoms with Crippen molar-refractivity contribution in [3.63, 3.8) is 0 Å². The third-order valence-electron chi connectivity index (χ3n) is 3.36. The van der Waals surface area contributed by atoms with Crippen molar-refractivity contribution in [3.05, 3.63) is 0 Å². The average molecular weight is 271 g/mol. The molecular formula is C16H33NO2. The van der Waals surface area contributed by atoms with Crippen molar-refractivity contribution in [3.8, 4) is 0 Å². The molecule has 2 N–H and O–H groups in total. The van der Waals surface area contributed by atoms with Gasteiger partial charge in [0.25, 0.3) is 0 Å². The SMILES string of the molecule is CCCCCCCCCCCCCOC(=O)[C@H](C)N. The second-order valence-electron chi connectivity index (χ2n) is 5.49. The Labute approximate surface area is 119 Å². The molecule has 0 radical (unpaired) electrons. The fourth-order valence-corrected chi connectivity index (χ4v) is 2.07. The van der Waals surface area contributed by atoms with Gasteiger partial charge in [-0.3, -0.25) is 4.79 Å². The van der Waals surface area contributed by atoms with E-state index in [4.69, 9.17) is 10.5 Å². The van der Waals surface area contributed by atoms with Crippen LogP contribution in [0, 0.1) is 0 Å². The maximum absolute atomic E-state index is 11.1. The van der Waals surface area contributed by atoms with Gasteiger partial charge in [0.2, 0.25) is 0 Å². The normalized spacial score (nSPS) is 12.4. The summed E-state index contributed by atoms with van der Waals surface area (Å²) in [6.45, 7) is 4.44. The quantitative estimate of drug-likeness (QED) is 0.404. The van der Waals surface area contributed by atoms with Crippen LogP contribution in [-0.4, -0.2) is 18.6 Å². The Morgan fingerprint density at radius 3 is 1.74 bits per heavy atom. The summed E-state index contributed by atoms with van der Waals surface area (Å²) in [7, 11) is 0. The fraction of sp³-hybridized carbons (Fsp3) is 0.938. The summed E-state index contributed by atoms with van der Waals surface area (Å²) in [5, 5.41) is 0. The smallest absolute Gasteiger partial charge is 0.322 e. The second kappa shape index (κ2) is 13.9. The van der Waals surface area contributed by atoms with Crippen LogP contribution in [0.25, 0.3) is 0 Å². The largest absolute Gasteiger partial charge is 0.465 e. The Hall–Kier alpha value is -0.570. The molecule has 3 heteroatoms. The minimum atomic E-state index is -0.493. The van der Waals surface area contributed by atoms with Gasteiger partial charge in [0.15, 0.2) is 0 Å². The molecule has 0 spiro atoms. The first kappa shape index (κ1) is 18.4. The van der Waals surface area contributed by atoms with Crippen LogP contribution in [0.5, 0.6) is 0 Å². The van der Waals surface area contributed by atoms with Gasteiger partial charge in [-0.25, -0.2) is 0 Å². The van der Waals surface area contributed by atoms with Crippen molar-refractivity contribution in [1.82, 2.24) is 0 Å². The van der Waals surface area contributed by atoms with Gasteiger partial charge in [0, 0.05) is 0 Å². The highest BCUT2D eigenvalue weighted by molar-refractivity contribution is 5.74. The summed E-state index contributed by atoms with van der Waals surface area (Å²) < 4.78 is 5.02. The lowest BCUT2D eigenvalue weighted by molar-refractivity contribution is -0.144. The molecule has 0 aliphatic rings. The minimum Gasteiger partial charge on any atom is -0.465 e. The van der Waals surface area contributed by atoms with E-state index in [1.54, 1.807) is 6.92 Å². The number of rotatable bonds is 13. The van der Waals surface area contributed by atoms with Gasteiger partial charge in [0.1, 0.15) is 6.04 Å². The van der Waals surface area contributed by atoms with Crippen LogP contribution in [0.4, 0.5) is 0 Å². The maximum atomic E-state index is 11.1. The van der Waals surface area contributed by atoms with Crippen molar-refractivity contribution in [2.75, 3.05) is 6.61 Å². The molecule has 0 fully saturated rings. The van der Waals surface area contributed by atoms with E-state index in [2.05, 4.69) is 6.92 Å². The van der Waals surface area contributed by atoms with Crippen LogP contribution in [0.15, 0.2) is 0 Å². The van der Waals surface area contributed by atoms with Gasteiger partial charge in [-0.1, -0.05) is 71.1 Å². The van der Waals surface area contributed by atoms with E-state index in [9.17, 15) is 4.79 Å². The van der Waals surface area contributed by atoms with Gasteiger partial charge >= 0.3 is 5.97 Å². The monoisotopic (exact) mass is 271 g/mol. The minimum absolute atomic E-state index is 0.285. The summed E-state index contributed by atoms with van der Waals surface area (Å²) in [5.74, 6) is -0.285. The summed E-state index contributed by atoms with van der Waals surface area (Å²) in [4.78, 5) is 11.1. The molecule has 0 aromatic rings. The third kappa shape index (κ3) is 13.7. The molecule has 1 atom stereocenters. The topological polar surface area (TPSA) is 52.3 Å². The third-order valence-corrected chi connectivity index (χ3v) is 3.36. The summed E-state index contributed by atoms with van der Waals surface area (Å²) >= 11 is 0. The number of hydrogen-bond donors (Lipinski definition) is 1. The van der Waals surface area contributed by atoms with Crippen molar-refractivity contribution < 1.29 is 9.53 Å². The van der Waals surface area contributed by atoms with Crippen LogP contribution in [0.3, 0.4) is 0 Å². The van der Waals surface area contributed by atoms with E-state index < -0.39 is 6.04 Å². The number of carbonyl (C=O) groups is 1. The lowest BCUT2D eigenvalue weighted by atomic mass is 10.1. The molecule has 0 bridgehead atoms. The summed E-state index contributed by atoms with van der Waals surface area (Å²) in [5.41, 5.74) is 5.40. The zero-order valence-corrected chi connectivity index (χ0v) is 13.0. The number of esters is 1. The molecule has 0 saturated heterocycles. The predicted octanol–water partition coefficient (Wildman–Crippen LogP) is 4.19. The molecule has 0 aromatic heterocycles. The molecule has 0 aliphatic carbocycles. The van der Waals surface area contributed by atoms with Crippen LogP contribution in [0.2, 0.25) is 0 Å². The maximum Gasteiger partial charge on any atom is 0.322 e. The molecule has 0 saturated carbocycles. The summed E-state index contributed by atoms with van der Waals surface area (Å²) in [6.07, 6.45) is 14.3. The van der Waals surface area contributed by atoms with Crippen molar-refractivity contribution in [2.45, 2.75) is 90.5 Å². The Bertz CT molecular complexity index is 205. The van der Waals surface area contributed by atoms with Crippen LogP contribution in [-0.2, 0) is 9.53 Å². The van der Waals surface area contributed by atoms with Crippen molar-refractivity contribution in [2.24, 2.45) is 5.73 Å². The molecule has 0 unspecified atom stereocenters. The highest BCUT2D eigenvalue weighted by atomic mass is 16.5. The Balaban J connectivity index is 3.05. The lowest BCUT2D eigenvalue weighted by Crippen LogP contribution is -2.28. The standard InChI is InChI=1S/C16H33NO2/c1-3-4-5-6-7-8-9-10-11-12-13-14-19-16(18)15(2)17/h15H,3-14,17H2,1-2H3/t15-/m0/s1. The Morgan fingerprint density at radius 2 is 1.32 bits per heavy atom. The average Bonchev–Trinajstić information content (AvgIpc) is 2.39. The van der Waals surface area contributed by atoms with Crippen LogP contribution >= 0.6 is 0 Å². The molecule has 0 rings (SSSR count). The van der Waals surface area contributed by atoms with Gasteiger partial charge < -0.3 is 10.5 Å². The van der Waals surface area contributed by atoms with Crippen LogP contribution in [0.1, 0.15) is 84.5 Å². The van der Waals surface area contributed by atoms with E-state index in [0.29, 0.717) is 6.61 Å². The molecule has 0 heterocycles. The molecule has 0 amide bonds. The Morgan fingerprint density at radius 1 is 0.895 bits per heavy atom. The zero-order chi connectivity index (χ0) is 14.3. The van der Waals surface area contributed by atoms with Gasteiger partial charge in [0.05, 0.1) is 6.61 Å². The number of nitrogens with two attached hydrogens (primary N) is 1. The lowest BCUT2D eigenvalue weighted by Gasteiger charge is -2.06. The number of carbonyl (C=O) groups excluding carboxylic acids is 1. The van der Waals surface area contributed by atoms with Crippen LogP contribution < -0.4 is 5.73 Å². The number of ether oxygens (including phenoxy) is 1. The van der Waals surface area contributed by atoms with Gasteiger partial charge in [-0.05, 0) is 13.3 Å². The molecule has 114 valence electrons. The molecule has 19 heavy (non-hydrogen) atoms. The second-order valence-corrected chi connectivity index (χ2v) is 5.49. The first-order chi connectivity index (χ1) is 9.18. The molecule has 0 aromatic carbocycles. The highest BCUT2D eigenvalue weighted by Crippen LogP contribution is 2.11. The predicted molar refractivity (Wildman–Crippen MR) is 81.1 cm³/mol. The fourth-order valence-electron chi connectivity index (χ4n) is 2.07. The summed E-state index contributed by atoms with van der Waals surface area (Å²) in [6, 6.07) is -0.493. The van der Waals surface area contributed by atoms with E-state index in [1.165, 1.54) is 57.8 Å². The molecular weight excluding hydrogens is 238 g/mol. The first-order valence-electron chi connectivity index (χ1n) is 8.10. The van der Waals surface area contributed by atoms with Gasteiger partial charge in [-0.2, -0.15) is 0 Å². The number of unbranched alkanes of at least 4 members (excludes halogenated alkanes) is 10. The van der Waals surface area contributed by atoms with Crippen molar-refractivity contribution in [1.29, 1.82) is 0 Å². The molecule has 0 aliphatic heterocycles. The highest BCUT2D eigenvalue weighted by Gasteiger charge is 2.07. The molecule has 3 nitrogen and oxygen atoms in total. The first-order valence-corrected chi connectivity index (χ1v) is 8.10. The van der Waals surface area contributed by atoms with E-state index >= 15 is 0 Å². The van der Waals surface area contributed by atoms with E-state index in [-0.39, 0.29) is 5.97 Å².